The van der Waals surface area contributed by atoms with Crippen molar-refractivity contribution in [2.24, 2.45) is 5.41 Å². The summed E-state index contributed by atoms with van der Waals surface area (Å²) in [5.74, 6) is 0.697. The van der Waals surface area contributed by atoms with Gasteiger partial charge < -0.3 is 0 Å². The van der Waals surface area contributed by atoms with E-state index in [1.54, 1.807) is 0 Å². The molecule has 2 aliphatic carbocycles. The molecule has 0 aromatic heterocycles. The molecule has 2 saturated carbocycles. The maximum atomic E-state index is 12.4. The number of nitrogens with zero attached hydrogens (tertiary/aromatic N) is 1. The van der Waals surface area contributed by atoms with Crippen molar-refractivity contribution in [2.75, 3.05) is 0 Å². The van der Waals surface area contributed by atoms with Gasteiger partial charge in [-0.1, -0.05) is 43.5 Å². The van der Waals surface area contributed by atoms with E-state index in [1.165, 1.54) is 37.7 Å². The highest BCUT2D eigenvalue weighted by Crippen LogP contribution is 2.43. The van der Waals surface area contributed by atoms with Crippen LogP contribution in [0.5, 0.6) is 0 Å². The normalized spacial score (nSPS) is 21.8. The molecule has 0 bridgehead atoms. The Bertz CT molecular complexity index is 528. The summed E-state index contributed by atoms with van der Waals surface area (Å²) in [6.07, 6.45) is 9.01. The molecule has 0 spiro atoms. The second-order valence-corrected chi connectivity index (χ2v) is 6.33. The van der Waals surface area contributed by atoms with Crippen molar-refractivity contribution < 1.29 is 4.79 Å². The fraction of sp³-hybridized carbons (Fsp3) is 0.556. The third-order valence-corrected chi connectivity index (χ3v) is 5.11. The molecular weight excluding hydrogens is 246 g/mol. The molecule has 104 valence electrons. The molecule has 0 aliphatic heterocycles. The van der Waals surface area contributed by atoms with Gasteiger partial charge in [0.2, 0.25) is 0 Å². The summed E-state index contributed by atoms with van der Waals surface area (Å²) >= 11 is 0. The number of ketones is 1. The molecule has 3 rings (SSSR count). The molecule has 2 heteroatoms. The summed E-state index contributed by atoms with van der Waals surface area (Å²) in [5, 5.41) is 9.26. The Balaban J connectivity index is 1.76. The molecule has 0 radical (unpaired) electrons. The minimum Gasteiger partial charge on any atom is -0.292 e. The smallest absolute Gasteiger partial charge is 0.183 e. The Morgan fingerprint density at radius 2 is 1.70 bits per heavy atom. The summed E-state index contributed by atoms with van der Waals surface area (Å²) in [6.45, 7) is 0. The molecule has 0 heterocycles. The lowest BCUT2D eigenvalue weighted by molar-refractivity contribution is 0.0748. The van der Waals surface area contributed by atoms with Crippen LogP contribution in [0.1, 0.15) is 73.2 Å². The number of nitriles is 1. The van der Waals surface area contributed by atoms with Crippen LogP contribution in [0.15, 0.2) is 24.3 Å². The number of carbonyl (C=O) groups is 1. The summed E-state index contributed by atoms with van der Waals surface area (Å²) in [7, 11) is 0. The van der Waals surface area contributed by atoms with Crippen LogP contribution in [0.25, 0.3) is 0 Å². The van der Waals surface area contributed by atoms with E-state index in [0.717, 1.165) is 19.3 Å². The highest BCUT2D eigenvalue weighted by molar-refractivity contribution is 6.02. The van der Waals surface area contributed by atoms with E-state index >= 15 is 0 Å². The Kier molecular flexibility index (Phi) is 3.61. The van der Waals surface area contributed by atoms with Crippen molar-refractivity contribution >= 4 is 5.78 Å². The number of Topliss-reactive ketones (excluding diaryl/α,β-unsaturated/α-hetero) is 1. The van der Waals surface area contributed by atoms with Gasteiger partial charge in [0.1, 0.15) is 5.41 Å². The summed E-state index contributed by atoms with van der Waals surface area (Å²) in [6, 6.07) is 10.3. The minimum atomic E-state index is -0.716. The monoisotopic (exact) mass is 267 g/mol. The van der Waals surface area contributed by atoms with Crippen LogP contribution in [-0.2, 0) is 0 Å². The van der Waals surface area contributed by atoms with Crippen LogP contribution in [0, 0.1) is 16.7 Å². The van der Waals surface area contributed by atoms with Crippen molar-refractivity contribution in [3.63, 3.8) is 0 Å². The van der Waals surface area contributed by atoms with Crippen molar-refractivity contribution in [3.8, 4) is 6.07 Å². The SMILES string of the molecule is N#CC1(C(=O)c2ccc(C3CCCCC3)cc2)CCC1. The van der Waals surface area contributed by atoms with Gasteiger partial charge in [0.15, 0.2) is 5.78 Å². The first kappa shape index (κ1) is 13.4. The second-order valence-electron chi connectivity index (χ2n) is 6.33. The zero-order valence-corrected chi connectivity index (χ0v) is 11.9. The molecule has 20 heavy (non-hydrogen) atoms. The number of rotatable bonds is 3. The minimum absolute atomic E-state index is 0.0291. The lowest BCUT2D eigenvalue weighted by Gasteiger charge is -2.33. The van der Waals surface area contributed by atoms with Gasteiger partial charge in [-0.15, -0.1) is 0 Å². The summed E-state index contributed by atoms with van der Waals surface area (Å²) in [5.41, 5.74) is 1.36. The topological polar surface area (TPSA) is 40.9 Å². The van der Waals surface area contributed by atoms with E-state index in [2.05, 4.69) is 18.2 Å². The lowest BCUT2D eigenvalue weighted by atomic mass is 9.65. The Morgan fingerprint density at radius 3 is 2.20 bits per heavy atom. The zero-order chi connectivity index (χ0) is 14.0. The van der Waals surface area contributed by atoms with E-state index in [9.17, 15) is 10.1 Å². The first-order chi connectivity index (χ1) is 9.75. The standard InChI is InChI=1S/C18H21NO/c19-13-18(11-4-12-18)17(20)16-9-7-15(8-10-16)14-5-2-1-3-6-14/h7-10,14H,1-6,11-12H2. The number of hydrogen-bond acceptors (Lipinski definition) is 2. The fourth-order valence-electron chi connectivity index (χ4n) is 3.54. The molecule has 0 N–H and O–H groups in total. The van der Waals surface area contributed by atoms with E-state index < -0.39 is 5.41 Å². The Morgan fingerprint density at radius 1 is 1.05 bits per heavy atom. The van der Waals surface area contributed by atoms with Gasteiger partial charge in [0.05, 0.1) is 6.07 Å². The first-order valence-electron chi connectivity index (χ1n) is 7.81. The molecule has 0 atom stereocenters. The predicted molar refractivity (Wildman–Crippen MR) is 78.5 cm³/mol. The number of benzene rings is 1. The lowest BCUT2D eigenvalue weighted by Crippen LogP contribution is -2.36. The van der Waals surface area contributed by atoms with Gasteiger partial charge in [-0.2, -0.15) is 5.26 Å². The van der Waals surface area contributed by atoms with Gasteiger partial charge in [0, 0.05) is 5.56 Å². The molecule has 0 saturated heterocycles. The van der Waals surface area contributed by atoms with Crippen molar-refractivity contribution in [1.29, 1.82) is 5.26 Å². The van der Waals surface area contributed by atoms with Crippen molar-refractivity contribution in [1.82, 2.24) is 0 Å². The number of carbonyl (C=O) groups excluding carboxylic acids is 1. The molecule has 1 aromatic rings. The van der Waals surface area contributed by atoms with Gasteiger partial charge in [-0.25, -0.2) is 0 Å². The highest BCUT2D eigenvalue weighted by atomic mass is 16.1. The maximum Gasteiger partial charge on any atom is 0.183 e. The third kappa shape index (κ3) is 2.26. The van der Waals surface area contributed by atoms with E-state index in [1.807, 2.05) is 12.1 Å². The van der Waals surface area contributed by atoms with Gasteiger partial charge in [0.25, 0.3) is 0 Å². The zero-order valence-electron chi connectivity index (χ0n) is 11.9. The van der Waals surface area contributed by atoms with Gasteiger partial charge >= 0.3 is 0 Å². The second kappa shape index (κ2) is 5.40. The molecule has 1 aromatic carbocycles. The first-order valence-corrected chi connectivity index (χ1v) is 7.81. The van der Waals surface area contributed by atoms with Crippen molar-refractivity contribution in [2.45, 2.75) is 57.3 Å². The van der Waals surface area contributed by atoms with Crippen LogP contribution < -0.4 is 0 Å². The van der Waals surface area contributed by atoms with Crippen LogP contribution in [0.2, 0.25) is 0 Å². The third-order valence-electron chi connectivity index (χ3n) is 5.11. The van der Waals surface area contributed by atoms with E-state index in [4.69, 9.17) is 0 Å². The molecule has 0 amide bonds. The van der Waals surface area contributed by atoms with Crippen molar-refractivity contribution in [3.05, 3.63) is 35.4 Å². The van der Waals surface area contributed by atoms with E-state index in [0.29, 0.717) is 11.5 Å². The quantitative estimate of drug-likeness (QED) is 0.750. The van der Waals surface area contributed by atoms with Crippen LogP contribution in [0.3, 0.4) is 0 Å². The van der Waals surface area contributed by atoms with Crippen LogP contribution in [0.4, 0.5) is 0 Å². The van der Waals surface area contributed by atoms with Gasteiger partial charge in [-0.05, 0) is 43.6 Å². The van der Waals surface area contributed by atoms with E-state index in [-0.39, 0.29) is 5.78 Å². The Labute approximate surface area is 120 Å². The molecule has 2 fully saturated rings. The molecular formula is C18H21NO. The van der Waals surface area contributed by atoms with Gasteiger partial charge in [-0.3, -0.25) is 4.79 Å². The average molecular weight is 267 g/mol. The maximum absolute atomic E-state index is 12.4. The summed E-state index contributed by atoms with van der Waals surface area (Å²) < 4.78 is 0. The molecule has 2 aliphatic rings. The summed E-state index contributed by atoms with van der Waals surface area (Å²) in [4.78, 5) is 12.4. The van der Waals surface area contributed by atoms with Crippen LogP contribution >= 0.6 is 0 Å². The number of hydrogen-bond donors (Lipinski definition) is 0. The molecule has 0 unspecified atom stereocenters. The van der Waals surface area contributed by atoms with Crippen LogP contribution in [-0.4, -0.2) is 5.78 Å². The Hall–Kier alpha value is -1.62. The largest absolute Gasteiger partial charge is 0.292 e. The molecule has 2 nitrogen and oxygen atoms in total. The predicted octanol–water partition coefficient (Wildman–Crippen LogP) is 4.61. The average Bonchev–Trinajstić information content (AvgIpc) is 2.48. The highest BCUT2D eigenvalue weighted by Gasteiger charge is 2.44. The fourth-order valence-corrected chi connectivity index (χ4v) is 3.54.